The van der Waals surface area contributed by atoms with Crippen LogP contribution in [0.15, 0.2) is 120 Å². The Morgan fingerprint density at radius 1 is 0.590 bits per heavy atom. The molecule has 0 radical (unpaired) electrons. The minimum absolute atomic E-state index is 0. The molecule has 2 fully saturated rings. The summed E-state index contributed by atoms with van der Waals surface area (Å²) in [6, 6.07) is 32.5. The molecule has 4 atom stereocenters. The zero-order valence-corrected chi connectivity index (χ0v) is 42.7. The third-order valence-electron chi connectivity index (χ3n) is 14.0. The van der Waals surface area contributed by atoms with Crippen LogP contribution in [0.4, 0.5) is 8.78 Å². The van der Waals surface area contributed by atoms with Gasteiger partial charge in [-0.25, -0.2) is 13.6 Å². The number of aryl methyl sites for hydroxylation is 2. The molecule has 4 heterocycles. The number of carboxylic acid groups (broad SMARTS) is 1. The maximum Gasteiger partial charge on any atom is 0.353 e. The lowest BCUT2D eigenvalue weighted by Crippen LogP contribution is -2.48. The quantitative estimate of drug-likeness (QED) is 0.0259. The van der Waals surface area contributed by atoms with Gasteiger partial charge >= 0.3 is 5.97 Å². The number of carboxylic acids is 1. The standard InChI is InChI=1S/C29H32FN3O5.C15H21FN2O3.C14H13NO3.CH4/c30-23-16-22(17-26-28(23)38-14-13-37-26)27(34)25(18-33-11-3-4-12-33)31-29(35)24(32-36)10-8-19-7-9-20-5-1-2-6-21(20)15-19;16-11-7-10(8-13-15(11)21-6-5-20-13)14(19)12(17)9-18-3-1-2-4-18;16-14(17)13(15-18)8-6-10-5-7-11-3-1-2-4-12(11)9-10;/h1-2,5-7,9,15-17,25,27,34,36H,3-4,8,10-14,18H2,(H,31,35);7-8,12,14,19H,1-6,9,17H2;1-5,7,9,18H,6,8H2,(H,16,17);1H4/b32-24+;;15-13+;/t25-,27-;12-,14-;;/m11../s1. The first-order valence-electron chi connectivity index (χ1n) is 26.0. The highest BCUT2D eigenvalue weighted by atomic mass is 19.1. The van der Waals surface area contributed by atoms with Gasteiger partial charge in [-0.3, -0.25) is 4.79 Å². The Labute approximate surface area is 452 Å². The van der Waals surface area contributed by atoms with Crippen molar-refractivity contribution in [3.05, 3.63) is 143 Å². The molecule has 0 aliphatic carbocycles. The summed E-state index contributed by atoms with van der Waals surface area (Å²) in [4.78, 5) is 28.2. The van der Waals surface area contributed by atoms with E-state index in [2.05, 4.69) is 31.5 Å². The van der Waals surface area contributed by atoms with Crippen LogP contribution in [0.3, 0.4) is 0 Å². The first-order valence-corrected chi connectivity index (χ1v) is 26.0. The zero-order chi connectivity index (χ0) is 54.3. The molecule has 0 saturated carbocycles. The van der Waals surface area contributed by atoms with Crippen LogP contribution in [-0.4, -0.2) is 137 Å². The van der Waals surface area contributed by atoms with E-state index in [9.17, 15) is 33.8 Å². The molecule has 78 heavy (non-hydrogen) atoms. The van der Waals surface area contributed by atoms with E-state index in [1.807, 2.05) is 78.9 Å². The van der Waals surface area contributed by atoms with Gasteiger partial charge in [-0.05, 0) is 133 Å². The molecule has 1 amide bonds. The summed E-state index contributed by atoms with van der Waals surface area (Å²) in [5.41, 5.74) is 8.56. The van der Waals surface area contributed by atoms with Crippen molar-refractivity contribution < 1.29 is 63.1 Å². The molecule has 6 aromatic rings. The summed E-state index contributed by atoms with van der Waals surface area (Å²) in [7, 11) is 0. The van der Waals surface area contributed by atoms with Gasteiger partial charge in [-0.2, -0.15) is 0 Å². The molecular weight excluding hydrogens is 1010 g/mol. The number of amides is 1. The average molecular weight is 1080 g/mol. The number of carbonyl (C=O) groups excluding carboxylic acids is 1. The van der Waals surface area contributed by atoms with Crippen LogP contribution in [0, 0.1) is 11.6 Å². The number of rotatable bonds is 17. The number of fused-ring (bicyclic) bond motifs is 4. The molecule has 4 aliphatic heterocycles. The van der Waals surface area contributed by atoms with Gasteiger partial charge in [-0.15, -0.1) is 0 Å². The number of aliphatic hydroxyl groups is 2. The summed E-state index contributed by atoms with van der Waals surface area (Å²) in [5.74, 6) is -2.20. The molecule has 0 aromatic heterocycles. The number of hydrogen-bond donors (Lipinski definition) is 7. The molecular formula is C59H70F2N6O11. The number of nitrogens with zero attached hydrogens (tertiary/aromatic N) is 4. The number of nitrogens with two attached hydrogens (primary N) is 1. The lowest BCUT2D eigenvalue weighted by molar-refractivity contribution is -0.129. The van der Waals surface area contributed by atoms with E-state index in [0.29, 0.717) is 50.5 Å². The highest BCUT2D eigenvalue weighted by molar-refractivity contribution is 6.38. The first kappa shape index (κ1) is 58.3. The van der Waals surface area contributed by atoms with Crippen molar-refractivity contribution >= 4 is 44.8 Å². The largest absolute Gasteiger partial charge is 0.486 e. The maximum absolute atomic E-state index is 14.7. The number of ether oxygens (including phenoxy) is 4. The molecule has 6 aromatic carbocycles. The van der Waals surface area contributed by atoms with Crippen LogP contribution < -0.4 is 30.0 Å². The molecule has 0 spiro atoms. The summed E-state index contributed by atoms with van der Waals surface area (Å²) < 4.78 is 50.2. The number of likely N-dealkylation sites (tertiary alicyclic amines) is 2. The third kappa shape index (κ3) is 15.4. The van der Waals surface area contributed by atoms with Gasteiger partial charge in [0.2, 0.25) is 0 Å². The number of carbonyl (C=O) groups is 2. The number of aliphatic hydroxyl groups excluding tert-OH is 2. The van der Waals surface area contributed by atoms with E-state index in [4.69, 9.17) is 35.0 Å². The highest BCUT2D eigenvalue weighted by Gasteiger charge is 2.31. The zero-order valence-electron chi connectivity index (χ0n) is 42.7. The van der Waals surface area contributed by atoms with Gasteiger partial charge in [-0.1, -0.05) is 103 Å². The van der Waals surface area contributed by atoms with Crippen molar-refractivity contribution in [2.75, 3.05) is 65.7 Å². The summed E-state index contributed by atoms with van der Waals surface area (Å²) in [6.07, 6.45) is 3.73. The second-order valence-electron chi connectivity index (χ2n) is 19.5. The van der Waals surface area contributed by atoms with Crippen LogP contribution >= 0.6 is 0 Å². The lowest BCUT2D eigenvalue weighted by Gasteiger charge is -2.29. The molecule has 0 bridgehead atoms. The van der Waals surface area contributed by atoms with Crippen LogP contribution in [0.25, 0.3) is 21.5 Å². The Kier molecular flexibility index (Phi) is 21.1. The fourth-order valence-corrected chi connectivity index (χ4v) is 9.89. The van der Waals surface area contributed by atoms with Gasteiger partial charge < -0.3 is 65.5 Å². The summed E-state index contributed by atoms with van der Waals surface area (Å²) in [5, 5.41) is 61.9. The second-order valence-corrected chi connectivity index (χ2v) is 19.5. The minimum Gasteiger partial charge on any atom is -0.486 e. The van der Waals surface area contributed by atoms with Gasteiger partial charge in [0, 0.05) is 32.0 Å². The second kappa shape index (κ2) is 28.3. The number of aliphatic carboxylic acids is 1. The van der Waals surface area contributed by atoms with Crippen molar-refractivity contribution in [1.29, 1.82) is 0 Å². The number of hydrogen-bond acceptors (Lipinski definition) is 15. The van der Waals surface area contributed by atoms with Gasteiger partial charge in [0.1, 0.15) is 38.2 Å². The Hall–Kier alpha value is -7.42. The number of halogens is 2. The molecule has 10 rings (SSSR count). The van der Waals surface area contributed by atoms with Gasteiger partial charge in [0.05, 0.1) is 12.1 Å². The fraction of sp³-hybridized carbons (Fsp3) is 0.390. The van der Waals surface area contributed by atoms with Crippen molar-refractivity contribution in [3.8, 4) is 23.0 Å². The van der Waals surface area contributed by atoms with Crippen LogP contribution in [0.2, 0.25) is 0 Å². The first-order chi connectivity index (χ1) is 37.4. The molecule has 19 heteroatoms. The predicted molar refractivity (Wildman–Crippen MR) is 293 cm³/mol. The van der Waals surface area contributed by atoms with Crippen LogP contribution in [0.1, 0.15) is 80.4 Å². The Morgan fingerprint density at radius 3 is 1.50 bits per heavy atom. The van der Waals surface area contributed by atoms with E-state index < -0.39 is 47.8 Å². The van der Waals surface area contributed by atoms with E-state index in [-0.39, 0.29) is 67.7 Å². The van der Waals surface area contributed by atoms with Crippen LogP contribution in [0.5, 0.6) is 23.0 Å². The number of oxime groups is 2. The third-order valence-corrected chi connectivity index (χ3v) is 14.0. The Balaban J connectivity index is 0.000000186. The predicted octanol–water partition coefficient (Wildman–Crippen LogP) is 8.20. The Bertz CT molecular complexity index is 3040. The molecule has 17 nitrogen and oxygen atoms in total. The van der Waals surface area contributed by atoms with Gasteiger partial charge in [0.25, 0.3) is 5.91 Å². The van der Waals surface area contributed by atoms with Gasteiger partial charge in [0.15, 0.2) is 40.3 Å². The molecule has 8 N–H and O–H groups in total. The van der Waals surface area contributed by atoms with Crippen LogP contribution in [-0.2, 0) is 22.4 Å². The normalized spacial score (nSPS) is 16.9. The smallest absolute Gasteiger partial charge is 0.353 e. The monoisotopic (exact) mass is 1080 g/mol. The van der Waals surface area contributed by atoms with E-state index in [0.717, 1.165) is 71.7 Å². The Morgan fingerprint density at radius 2 is 1.03 bits per heavy atom. The van der Waals surface area contributed by atoms with E-state index in [1.165, 1.54) is 25.0 Å². The SMILES string of the molecule is C.N[C@H](CN1CCCC1)[C@H](O)c1cc(F)c2c(c1)OCCO2.O=C(N[C@H](CN1CCCC1)[C@H](O)c1cc(F)c2c(c1)OCCO2)/C(CCc1ccc2ccccc2c1)=N/O.O=C(O)/C(CCc1ccc2ccccc2c1)=N/O. The molecule has 4 aliphatic rings. The van der Waals surface area contributed by atoms with E-state index >= 15 is 0 Å². The van der Waals surface area contributed by atoms with Crippen molar-refractivity contribution in [1.82, 2.24) is 15.1 Å². The topological polar surface area (TPSA) is 241 Å². The van der Waals surface area contributed by atoms with Crippen molar-refractivity contribution in [2.24, 2.45) is 16.0 Å². The summed E-state index contributed by atoms with van der Waals surface area (Å²) >= 11 is 0. The number of benzene rings is 6. The number of nitrogens with one attached hydrogen (secondary N) is 1. The van der Waals surface area contributed by atoms with Crippen molar-refractivity contribution in [3.63, 3.8) is 0 Å². The molecule has 2 saturated heterocycles. The lowest BCUT2D eigenvalue weighted by atomic mass is 9.99. The highest BCUT2D eigenvalue weighted by Crippen LogP contribution is 2.38. The molecule has 0 unspecified atom stereocenters. The van der Waals surface area contributed by atoms with Crippen molar-refractivity contribution in [2.45, 2.75) is 83.1 Å². The average Bonchev–Trinajstić information content (AvgIpc) is 4.19. The summed E-state index contributed by atoms with van der Waals surface area (Å²) in [6.45, 7) is 5.94. The molecule has 416 valence electrons. The maximum atomic E-state index is 14.7. The van der Waals surface area contributed by atoms with E-state index in [1.54, 1.807) is 12.1 Å². The fourth-order valence-electron chi connectivity index (χ4n) is 9.89. The minimum atomic E-state index is -1.22.